The van der Waals surface area contributed by atoms with E-state index in [1.165, 1.54) is 20.3 Å². The minimum atomic E-state index is -1.56. The van der Waals surface area contributed by atoms with Crippen molar-refractivity contribution in [1.82, 2.24) is 9.97 Å². The number of aliphatic carboxylic acids is 1. The fourth-order valence-corrected chi connectivity index (χ4v) is 4.12. The second-order valence-electron chi connectivity index (χ2n) is 8.12. The number of methoxy groups -OCH3 is 2. The van der Waals surface area contributed by atoms with E-state index in [2.05, 4.69) is 9.97 Å². The van der Waals surface area contributed by atoms with Gasteiger partial charge in [0.1, 0.15) is 0 Å². The van der Waals surface area contributed by atoms with Crippen molar-refractivity contribution in [3.8, 4) is 17.8 Å². The van der Waals surface area contributed by atoms with Gasteiger partial charge in [0.05, 0.1) is 26.9 Å². The second-order valence-corrected chi connectivity index (χ2v) is 8.12. The van der Waals surface area contributed by atoms with Gasteiger partial charge in [-0.1, -0.05) is 91.0 Å². The van der Waals surface area contributed by atoms with Crippen LogP contribution in [0.2, 0.25) is 0 Å². The summed E-state index contributed by atoms with van der Waals surface area (Å²) in [5, 5.41) is 10.5. The number of carboxylic acid groups (broad SMARTS) is 1. The van der Waals surface area contributed by atoms with Crippen LogP contribution in [-0.4, -0.2) is 48.0 Å². The molecule has 0 radical (unpaired) electrons. The normalized spacial score (nSPS) is 11.9. The molecule has 1 atom stereocenters. The molecule has 37 heavy (non-hydrogen) atoms. The van der Waals surface area contributed by atoms with Gasteiger partial charge in [-0.05, 0) is 23.1 Å². The Balaban J connectivity index is 1.83. The van der Waals surface area contributed by atoms with Gasteiger partial charge in [-0.15, -0.1) is 0 Å². The van der Waals surface area contributed by atoms with Crippen molar-refractivity contribution in [3.63, 3.8) is 0 Å². The van der Waals surface area contributed by atoms with E-state index in [1.54, 1.807) is 0 Å². The summed E-state index contributed by atoms with van der Waals surface area (Å²) >= 11 is 0. The number of hydrogen-bond donors (Lipinski definition) is 1. The summed E-state index contributed by atoms with van der Waals surface area (Å²) in [6, 6.07) is 29.4. The highest BCUT2D eigenvalue weighted by Gasteiger charge is 2.50. The van der Waals surface area contributed by atoms with Crippen molar-refractivity contribution in [2.75, 3.05) is 20.8 Å². The van der Waals surface area contributed by atoms with Gasteiger partial charge < -0.3 is 24.1 Å². The van der Waals surface area contributed by atoms with Crippen LogP contribution in [0.4, 0.5) is 0 Å². The van der Waals surface area contributed by atoms with E-state index in [0.717, 1.165) is 5.56 Å². The molecular weight excluding hydrogens is 472 g/mol. The molecule has 4 rings (SSSR count). The average Bonchev–Trinajstić information content (AvgIpc) is 2.95. The molecule has 4 aromatic rings. The topological polar surface area (TPSA) is 100 Å². The number of ether oxygens (including phenoxy) is 4. The molecule has 8 heteroatoms. The first-order chi connectivity index (χ1) is 18.1. The van der Waals surface area contributed by atoms with Gasteiger partial charge in [0.25, 0.3) is 0 Å². The molecule has 0 aliphatic heterocycles. The predicted octanol–water partition coefficient (Wildman–Crippen LogP) is 4.53. The first kappa shape index (κ1) is 25.7. The largest absolute Gasteiger partial charge is 0.481 e. The Morgan fingerprint density at radius 2 is 1.30 bits per heavy atom. The van der Waals surface area contributed by atoms with Gasteiger partial charge in [0, 0.05) is 0 Å². The standard InChI is InChI=1S/C29H28N2O6/c1-34-24-20-25(35-2)31-28(30-24)37-26(27(32)33)29(22-14-8-4-9-15-22,23-16-10-5-11-17-23)36-19-18-21-12-6-3-7-13-21/h3-17,20,26H,18-19H2,1-2H3,(H,32,33). The molecule has 190 valence electrons. The lowest BCUT2D eigenvalue weighted by Crippen LogP contribution is -2.51. The minimum Gasteiger partial charge on any atom is -0.481 e. The molecule has 8 nitrogen and oxygen atoms in total. The van der Waals surface area contributed by atoms with Crippen LogP contribution in [-0.2, 0) is 21.6 Å². The summed E-state index contributed by atoms with van der Waals surface area (Å²) in [5.74, 6) is -0.917. The summed E-state index contributed by atoms with van der Waals surface area (Å²) in [6.45, 7) is 0.225. The number of nitrogens with zero attached hydrogens (tertiary/aromatic N) is 2. The zero-order valence-corrected chi connectivity index (χ0v) is 20.6. The van der Waals surface area contributed by atoms with Crippen LogP contribution in [0.25, 0.3) is 0 Å². The second kappa shape index (κ2) is 12.0. The summed E-state index contributed by atoms with van der Waals surface area (Å²) in [5.41, 5.74) is 0.738. The summed E-state index contributed by atoms with van der Waals surface area (Å²) < 4.78 is 23.1. The fourth-order valence-electron chi connectivity index (χ4n) is 4.12. The molecule has 0 fully saturated rings. The molecule has 1 N–H and O–H groups in total. The number of benzene rings is 3. The third-order valence-corrected chi connectivity index (χ3v) is 5.86. The Bertz CT molecular complexity index is 1220. The van der Waals surface area contributed by atoms with E-state index in [1.807, 2.05) is 91.0 Å². The first-order valence-electron chi connectivity index (χ1n) is 11.7. The Hall–Kier alpha value is -4.43. The van der Waals surface area contributed by atoms with Gasteiger partial charge >= 0.3 is 12.0 Å². The summed E-state index contributed by atoms with van der Waals surface area (Å²) in [4.78, 5) is 21.3. The highest BCUT2D eigenvalue weighted by molar-refractivity contribution is 5.76. The third kappa shape index (κ3) is 5.87. The van der Waals surface area contributed by atoms with Crippen molar-refractivity contribution in [2.24, 2.45) is 0 Å². The predicted molar refractivity (Wildman–Crippen MR) is 137 cm³/mol. The fraction of sp³-hybridized carbons (Fsp3) is 0.207. The van der Waals surface area contributed by atoms with Crippen LogP contribution in [0.1, 0.15) is 16.7 Å². The number of aromatic nitrogens is 2. The SMILES string of the molecule is COc1cc(OC)nc(OC(C(=O)O)C(OCCc2ccccc2)(c2ccccc2)c2ccccc2)n1. The monoisotopic (exact) mass is 500 g/mol. The molecule has 1 aromatic heterocycles. The van der Waals surface area contributed by atoms with Crippen molar-refractivity contribution < 1.29 is 28.8 Å². The van der Waals surface area contributed by atoms with Crippen molar-refractivity contribution in [1.29, 1.82) is 0 Å². The molecule has 1 heterocycles. The van der Waals surface area contributed by atoms with Crippen molar-refractivity contribution >= 4 is 5.97 Å². The molecule has 0 aliphatic carbocycles. The molecule has 0 spiro atoms. The maximum atomic E-state index is 12.9. The molecule has 0 saturated heterocycles. The average molecular weight is 501 g/mol. The van der Waals surface area contributed by atoms with Crippen LogP contribution in [0.15, 0.2) is 97.1 Å². The molecule has 0 bridgehead atoms. The first-order valence-corrected chi connectivity index (χ1v) is 11.7. The molecule has 0 amide bonds. The Kier molecular flexibility index (Phi) is 8.33. The molecule has 0 aliphatic rings. The third-order valence-electron chi connectivity index (χ3n) is 5.86. The van der Waals surface area contributed by atoms with E-state index in [0.29, 0.717) is 17.5 Å². The van der Waals surface area contributed by atoms with Crippen molar-refractivity contribution in [2.45, 2.75) is 18.1 Å². The maximum Gasteiger partial charge on any atom is 0.348 e. The lowest BCUT2D eigenvalue weighted by atomic mass is 9.81. The van der Waals surface area contributed by atoms with Crippen LogP contribution in [0.3, 0.4) is 0 Å². The summed E-state index contributed by atoms with van der Waals surface area (Å²) in [7, 11) is 2.87. The smallest absolute Gasteiger partial charge is 0.348 e. The van der Waals surface area contributed by atoms with E-state index >= 15 is 0 Å². The number of rotatable bonds is 12. The highest BCUT2D eigenvalue weighted by atomic mass is 16.6. The number of carbonyl (C=O) groups is 1. The van der Waals surface area contributed by atoms with Crippen LogP contribution < -0.4 is 14.2 Å². The number of carboxylic acids is 1. The van der Waals surface area contributed by atoms with Crippen LogP contribution >= 0.6 is 0 Å². The van der Waals surface area contributed by atoms with E-state index in [4.69, 9.17) is 18.9 Å². The lowest BCUT2D eigenvalue weighted by molar-refractivity contribution is -0.164. The van der Waals surface area contributed by atoms with E-state index < -0.39 is 17.7 Å². The van der Waals surface area contributed by atoms with Gasteiger partial charge in [-0.25, -0.2) is 4.79 Å². The van der Waals surface area contributed by atoms with Gasteiger partial charge in [0.15, 0.2) is 5.60 Å². The minimum absolute atomic E-state index is 0.168. The van der Waals surface area contributed by atoms with Crippen LogP contribution in [0.5, 0.6) is 17.8 Å². The lowest BCUT2D eigenvalue weighted by Gasteiger charge is -2.39. The quantitative estimate of drug-likeness (QED) is 0.303. The Labute approximate surface area is 215 Å². The Morgan fingerprint density at radius 3 is 1.76 bits per heavy atom. The molecule has 0 saturated carbocycles. The zero-order chi connectivity index (χ0) is 26.1. The van der Waals surface area contributed by atoms with Gasteiger partial charge in [0.2, 0.25) is 17.9 Å². The molecular formula is C29H28N2O6. The Morgan fingerprint density at radius 1 is 0.811 bits per heavy atom. The van der Waals surface area contributed by atoms with Crippen molar-refractivity contribution in [3.05, 3.63) is 114 Å². The van der Waals surface area contributed by atoms with E-state index in [-0.39, 0.29) is 24.4 Å². The zero-order valence-electron chi connectivity index (χ0n) is 20.6. The van der Waals surface area contributed by atoms with Gasteiger partial charge in [-0.2, -0.15) is 9.97 Å². The summed E-state index contributed by atoms with van der Waals surface area (Å²) in [6.07, 6.45) is -0.997. The number of hydrogen-bond acceptors (Lipinski definition) is 7. The molecule has 3 aromatic carbocycles. The van der Waals surface area contributed by atoms with Crippen LogP contribution in [0, 0.1) is 0 Å². The molecule has 1 unspecified atom stereocenters. The maximum absolute atomic E-state index is 12.9. The van der Waals surface area contributed by atoms with E-state index in [9.17, 15) is 9.90 Å². The highest BCUT2D eigenvalue weighted by Crippen LogP contribution is 2.39. The van der Waals surface area contributed by atoms with Gasteiger partial charge in [-0.3, -0.25) is 0 Å².